The highest BCUT2D eigenvalue weighted by molar-refractivity contribution is 7.92. The number of anilines is 1. The van der Waals surface area contributed by atoms with Crippen molar-refractivity contribution in [1.29, 1.82) is 0 Å². The lowest BCUT2D eigenvalue weighted by atomic mass is 10.2. The van der Waals surface area contributed by atoms with Gasteiger partial charge in [-0.3, -0.25) is 9.82 Å². The third kappa shape index (κ3) is 2.57. The number of nitrogens with one attached hydrogen (secondary N) is 2. The molecule has 21 heavy (non-hydrogen) atoms. The van der Waals surface area contributed by atoms with Crippen molar-refractivity contribution in [3.05, 3.63) is 53.4 Å². The lowest BCUT2D eigenvalue weighted by Crippen LogP contribution is -2.14. The molecule has 0 saturated carbocycles. The van der Waals surface area contributed by atoms with Crippen LogP contribution in [0.4, 0.5) is 10.1 Å². The van der Waals surface area contributed by atoms with Crippen molar-refractivity contribution in [2.45, 2.75) is 4.90 Å². The van der Waals surface area contributed by atoms with Crippen LogP contribution in [0, 0.1) is 5.82 Å². The number of aromatic amines is 1. The average Bonchev–Trinajstić information content (AvgIpc) is 2.87. The number of halogens is 2. The van der Waals surface area contributed by atoms with Crippen molar-refractivity contribution in [2.24, 2.45) is 0 Å². The molecule has 1 aromatic heterocycles. The zero-order valence-corrected chi connectivity index (χ0v) is 12.0. The van der Waals surface area contributed by atoms with Gasteiger partial charge in [0.25, 0.3) is 10.0 Å². The van der Waals surface area contributed by atoms with Gasteiger partial charge < -0.3 is 0 Å². The average molecular weight is 326 g/mol. The van der Waals surface area contributed by atoms with Crippen LogP contribution in [0.5, 0.6) is 0 Å². The third-order valence-electron chi connectivity index (χ3n) is 2.91. The molecule has 5 nitrogen and oxygen atoms in total. The van der Waals surface area contributed by atoms with E-state index in [0.29, 0.717) is 16.6 Å². The minimum absolute atomic E-state index is 0.128. The van der Waals surface area contributed by atoms with Crippen LogP contribution in [0.1, 0.15) is 0 Å². The van der Waals surface area contributed by atoms with E-state index >= 15 is 0 Å². The summed E-state index contributed by atoms with van der Waals surface area (Å²) in [5, 5.41) is 7.29. The van der Waals surface area contributed by atoms with Gasteiger partial charge in [-0.15, -0.1) is 0 Å². The number of aromatic nitrogens is 2. The molecule has 108 valence electrons. The van der Waals surface area contributed by atoms with E-state index in [1.807, 2.05) is 0 Å². The Labute approximate surface area is 124 Å². The molecule has 0 fully saturated rings. The third-order valence-corrected chi connectivity index (χ3v) is 4.55. The standard InChI is InChI=1S/C13H9ClFN3O2S/c14-8-4-5-13(10(15)6-8)21(19,20)18-12-3-1-2-11-9(12)7-16-17-11/h1-7,18H,(H,16,17). The summed E-state index contributed by atoms with van der Waals surface area (Å²) in [5.74, 6) is -0.908. The Hall–Kier alpha value is -2.12. The summed E-state index contributed by atoms with van der Waals surface area (Å²) in [4.78, 5) is -0.465. The molecule has 2 N–H and O–H groups in total. The van der Waals surface area contributed by atoms with Gasteiger partial charge in [-0.2, -0.15) is 5.10 Å². The normalized spacial score (nSPS) is 11.7. The minimum Gasteiger partial charge on any atom is -0.279 e. The number of benzene rings is 2. The largest absolute Gasteiger partial charge is 0.279 e. The van der Waals surface area contributed by atoms with Crippen molar-refractivity contribution in [1.82, 2.24) is 10.2 Å². The number of H-pyrrole nitrogens is 1. The molecule has 0 amide bonds. The second-order valence-corrected chi connectivity index (χ2v) is 6.40. The maximum Gasteiger partial charge on any atom is 0.264 e. The van der Waals surface area contributed by atoms with E-state index in [-0.39, 0.29) is 5.02 Å². The summed E-state index contributed by atoms with van der Waals surface area (Å²) >= 11 is 5.62. The van der Waals surface area contributed by atoms with E-state index in [0.717, 1.165) is 12.1 Å². The summed E-state index contributed by atoms with van der Waals surface area (Å²) in [6.45, 7) is 0. The van der Waals surface area contributed by atoms with Gasteiger partial charge in [0.05, 0.1) is 17.4 Å². The second-order valence-electron chi connectivity index (χ2n) is 4.32. The maximum atomic E-state index is 13.8. The number of hydrogen-bond acceptors (Lipinski definition) is 3. The van der Waals surface area contributed by atoms with Gasteiger partial charge in [-0.05, 0) is 30.3 Å². The fourth-order valence-corrected chi connectivity index (χ4v) is 3.25. The molecular weight excluding hydrogens is 317 g/mol. The van der Waals surface area contributed by atoms with Crippen molar-refractivity contribution in [3.63, 3.8) is 0 Å². The molecule has 1 heterocycles. The molecule has 3 aromatic rings. The molecule has 0 saturated heterocycles. The van der Waals surface area contributed by atoms with Crippen LogP contribution in [0.25, 0.3) is 10.9 Å². The Bertz CT molecular complexity index is 924. The fraction of sp³-hybridized carbons (Fsp3) is 0. The molecule has 0 aliphatic carbocycles. The first kappa shape index (κ1) is 13.8. The van der Waals surface area contributed by atoms with Gasteiger partial charge in [0, 0.05) is 10.4 Å². The second kappa shape index (κ2) is 5.01. The van der Waals surface area contributed by atoms with E-state index in [1.165, 1.54) is 12.3 Å². The molecule has 3 rings (SSSR count). The molecule has 0 aliphatic rings. The van der Waals surface area contributed by atoms with Crippen LogP contribution in [-0.2, 0) is 10.0 Å². The zero-order chi connectivity index (χ0) is 15.0. The quantitative estimate of drug-likeness (QED) is 0.776. The highest BCUT2D eigenvalue weighted by Gasteiger charge is 2.20. The van der Waals surface area contributed by atoms with Crippen LogP contribution in [0.15, 0.2) is 47.5 Å². The number of sulfonamides is 1. The highest BCUT2D eigenvalue weighted by atomic mass is 35.5. The van der Waals surface area contributed by atoms with Crippen molar-refractivity contribution < 1.29 is 12.8 Å². The Balaban J connectivity index is 2.05. The Morgan fingerprint density at radius 2 is 2.05 bits per heavy atom. The van der Waals surface area contributed by atoms with Gasteiger partial charge in [0.2, 0.25) is 0 Å². The SMILES string of the molecule is O=S(=O)(Nc1cccc2[nH]ncc12)c1ccc(Cl)cc1F. The van der Waals surface area contributed by atoms with Gasteiger partial charge in [-0.25, -0.2) is 12.8 Å². The molecule has 0 atom stereocenters. The van der Waals surface area contributed by atoms with Crippen molar-refractivity contribution in [2.75, 3.05) is 4.72 Å². The summed E-state index contributed by atoms with van der Waals surface area (Å²) < 4.78 is 40.7. The molecule has 0 unspecified atom stereocenters. The van der Waals surface area contributed by atoms with Crippen molar-refractivity contribution in [3.8, 4) is 0 Å². The lowest BCUT2D eigenvalue weighted by Gasteiger charge is -2.09. The fourth-order valence-electron chi connectivity index (χ4n) is 1.95. The van der Waals surface area contributed by atoms with Crippen molar-refractivity contribution >= 4 is 38.2 Å². The Kier molecular flexibility index (Phi) is 3.30. The molecule has 0 radical (unpaired) electrons. The summed E-state index contributed by atoms with van der Waals surface area (Å²) in [5.41, 5.74) is 0.988. The van der Waals surface area contributed by atoms with E-state index in [9.17, 15) is 12.8 Å². The molecule has 2 aromatic carbocycles. The Morgan fingerprint density at radius 3 is 2.81 bits per heavy atom. The molecule has 8 heteroatoms. The van der Waals surface area contributed by atoms with Gasteiger partial charge >= 0.3 is 0 Å². The number of rotatable bonds is 3. The van der Waals surface area contributed by atoms with Gasteiger partial charge in [0.15, 0.2) is 0 Å². The van der Waals surface area contributed by atoms with E-state index in [4.69, 9.17) is 11.6 Å². The first-order chi connectivity index (χ1) is 9.97. The van der Waals surface area contributed by atoms with Gasteiger partial charge in [0.1, 0.15) is 10.7 Å². The topological polar surface area (TPSA) is 74.8 Å². The zero-order valence-electron chi connectivity index (χ0n) is 10.5. The first-order valence-corrected chi connectivity index (χ1v) is 7.73. The van der Waals surface area contributed by atoms with E-state index < -0.39 is 20.7 Å². The number of fused-ring (bicyclic) bond motifs is 1. The summed E-state index contributed by atoms with van der Waals surface area (Å²) in [6, 6.07) is 8.38. The van der Waals surface area contributed by atoms with Crippen LogP contribution in [0.3, 0.4) is 0 Å². The number of nitrogens with zero attached hydrogens (tertiary/aromatic N) is 1. The highest BCUT2D eigenvalue weighted by Crippen LogP contribution is 2.26. The molecule has 0 spiro atoms. The monoisotopic (exact) mass is 325 g/mol. The van der Waals surface area contributed by atoms with E-state index in [1.54, 1.807) is 18.2 Å². The number of hydrogen-bond donors (Lipinski definition) is 2. The lowest BCUT2D eigenvalue weighted by molar-refractivity contribution is 0.570. The van der Waals surface area contributed by atoms with Crippen LogP contribution < -0.4 is 4.72 Å². The van der Waals surface area contributed by atoms with E-state index in [2.05, 4.69) is 14.9 Å². The Morgan fingerprint density at radius 1 is 1.24 bits per heavy atom. The molecular formula is C13H9ClFN3O2S. The predicted octanol–water partition coefficient (Wildman–Crippen LogP) is 3.16. The molecule has 0 aliphatic heterocycles. The van der Waals surface area contributed by atoms with Crippen LogP contribution in [0.2, 0.25) is 5.02 Å². The first-order valence-electron chi connectivity index (χ1n) is 5.87. The summed E-state index contributed by atoms with van der Waals surface area (Å²) in [7, 11) is -4.06. The predicted molar refractivity (Wildman–Crippen MR) is 78.3 cm³/mol. The molecule has 0 bridgehead atoms. The minimum atomic E-state index is -4.06. The van der Waals surface area contributed by atoms with Crippen LogP contribution >= 0.6 is 11.6 Å². The van der Waals surface area contributed by atoms with Gasteiger partial charge in [-0.1, -0.05) is 17.7 Å². The van der Waals surface area contributed by atoms with Crippen LogP contribution in [-0.4, -0.2) is 18.6 Å². The maximum absolute atomic E-state index is 13.8. The smallest absolute Gasteiger partial charge is 0.264 e. The summed E-state index contributed by atoms with van der Waals surface area (Å²) in [6.07, 6.45) is 1.49.